The molecule has 0 heterocycles. The van der Waals surface area contributed by atoms with Crippen molar-refractivity contribution in [2.75, 3.05) is 26.4 Å². The molecule has 0 radical (unpaired) electrons. The molecule has 2 aromatic carbocycles. The maximum atomic E-state index is 12.0. The van der Waals surface area contributed by atoms with E-state index in [2.05, 4.69) is 37.4 Å². The monoisotopic (exact) mass is 736 g/mol. The van der Waals surface area contributed by atoms with Crippen LogP contribution in [0.25, 0.3) is 0 Å². The lowest BCUT2D eigenvalue weighted by atomic mass is 10.0. The molecule has 0 aliphatic rings. The average Bonchev–Trinajstić information content (AvgIpc) is 3.12. The summed E-state index contributed by atoms with van der Waals surface area (Å²) in [5.41, 5.74) is 4.99. The molecule has 2 aromatic rings. The SMILES string of the molecule is C=C(C)C(=O)OC(C)COC(=O)CCC(=O)OCCc1ccc(CCCc2ccc(CCOC(=O)CCC(=O)OCC(C)OC(=O)C(=C)C)cc2)cc1. The van der Waals surface area contributed by atoms with Gasteiger partial charge in [0.05, 0.1) is 38.9 Å². The minimum Gasteiger partial charge on any atom is -0.465 e. The molecule has 0 fully saturated rings. The van der Waals surface area contributed by atoms with Crippen LogP contribution >= 0.6 is 0 Å². The summed E-state index contributed by atoms with van der Waals surface area (Å²) in [4.78, 5) is 70.8. The van der Waals surface area contributed by atoms with Crippen molar-refractivity contribution < 1.29 is 57.2 Å². The van der Waals surface area contributed by atoms with Crippen LogP contribution in [0.15, 0.2) is 72.8 Å². The van der Waals surface area contributed by atoms with E-state index in [4.69, 9.17) is 28.4 Å². The normalized spacial score (nSPS) is 11.7. The van der Waals surface area contributed by atoms with Gasteiger partial charge in [0.1, 0.15) is 25.4 Å². The van der Waals surface area contributed by atoms with E-state index in [0.29, 0.717) is 12.8 Å². The first kappa shape index (κ1) is 43.9. The Labute approximate surface area is 311 Å². The number of ether oxygens (including phenoxy) is 6. The summed E-state index contributed by atoms with van der Waals surface area (Å²) in [7, 11) is 0. The third kappa shape index (κ3) is 19.8. The summed E-state index contributed by atoms with van der Waals surface area (Å²) in [6.45, 7) is 13.4. The van der Waals surface area contributed by atoms with Crippen molar-refractivity contribution in [3.63, 3.8) is 0 Å². The molecule has 12 heteroatoms. The first-order valence-electron chi connectivity index (χ1n) is 17.7. The van der Waals surface area contributed by atoms with Gasteiger partial charge in [-0.2, -0.15) is 0 Å². The average molecular weight is 737 g/mol. The summed E-state index contributed by atoms with van der Waals surface area (Å²) >= 11 is 0. The van der Waals surface area contributed by atoms with Crippen molar-refractivity contribution in [1.82, 2.24) is 0 Å². The van der Waals surface area contributed by atoms with E-state index in [1.54, 1.807) is 13.8 Å². The Kier molecular flexibility index (Phi) is 19.9. The van der Waals surface area contributed by atoms with Gasteiger partial charge in [-0.1, -0.05) is 61.7 Å². The summed E-state index contributed by atoms with van der Waals surface area (Å²) in [6.07, 6.45) is 2.21. The fraction of sp³-hybridized carbons (Fsp3) is 0.463. The van der Waals surface area contributed by atoms with Gasteiger partial charge in [0.2, 0.25) is 0 Å². The van der Waals surface area contributed by atoms with Crippen molar-refractivity contribution in [3.05, 3.63) is 95.1 Å². The lowest BCUT2D eigenvalue weighted by molar-refractivity contribution is -0.156. The molecule has 2 unspecified atom stereocenters. The molecule has 0 saturated heterocycles. The first-order valence-corrected chi connectivity index (χ1v) is 17.7. The van der Waals surface area contributed by atoms with E-state index in [-0.39, 0.29) is 63.3 Å². The van der Waals surface area contributed by atoms with Crippen LogP contribution in [0.4, 0.5) is 0 Å². The Morgan fingerprint density at radius 3 is 1.08 bits per heavy atom. The minimum absolute atomic E-state index is 0.0992. The van der Waals surface area contributed by atoms with Gasteiger partial charge in [-0.15, -0.1) is 0 Å². The van der Waals surface area contributed by atoms with E-state index in [1.165, 1.54) is 25.0 Å². The fourth-order valence-corrected chi connectivity index (χ4v) is 4.56. The van der Waals surface area contributed by atoms with Crippen LogP contribution in [0.5, 0.6) is 0 Å². The van der Waals surface area contributed by atoms with Gasteiger partial charge in [0, 0.05) is 24.0 Å². The molecule has 0 aromatic heterocycles. The second kappa shape index (κ2) is 24.1. The van der Waals surface area contributed by atoms with Gasteiger partial charge in [-0.05, 0) is 69.2 Å². The third-order valence-corrected chi connectivity index (χ3v) is 7.62. The zero-order valence-electron chi connectivity index (χ0n) is 31.3. The molecule has 0 bridgehead atoms. The van der Waals surface area contributed by atoms with E-state index < -0.39 is 48.0 Å². The Morgan fingerprint density at radius 2 is 0.774 bits per heavy atom. The van der Waals surface area contributed by atoms with E-state index >= 15 is 0 Å². The van der Waals surface area contributed by atoms with Crippen LogP contribution in [0.2, 0.25) is 0 Å². The molecule has 2 atom stereocenters. The second-order valence-electron chi connectivity index (χ2n) is 12.8. The molecule has 0 N–H and O–H groups in total. The molecule has 0 spiro atoms. The highest BCUT2D eigenvalue weighted by atomic mass is 16.6. The minimum atomic E-state index is -0.621. The molecule has 288 valence electrons. The maximum Gasteiger partial charge on any atom is 0.333 e. The smallest absolute Gasteiger partial charge is 0.333 e. The quantitative estimate of drug-likeness (QED) is 0.0737. The Bertz CT molecular complexity index is 1430. The van der Waals surface area contributed by atoms with Gasteiger partial charge in [-0.25, -0.2) is 9.59 Å². The number of carbonyl (C=O) groups excluding carboxylic acids is 6. The Hall–Kier alpha value is -5.26. The number of carbonyl (C=O) groups is 6. The summed E-state index contributed by atoms with van der Waals surface area (Å²) in [5, 5.41) is 0. The predicted octanol–water partition coefficient (Wildman–Crippen LogP) is 5.70. The summed E-state index contributed by atoms with van der Waals surface area (Å²) in [6, 6.07) is 16.3. The molecule has 0 aliphatic heterocycles. The van der Waals surface area contributed by atoms with Gasteiger partial charge in [0.25, 0.3) is 0 Å². The van der Waals surface area contributed by atoms with Crippen molar-refractivity contribution in [2.45, 2.75) is 97.7 Å². The fourth-order valence-electron chi connectivity index (χ4n) is 4.56. The van der Waals surface area contributed by atoms with E-state index in [1.807, 2.05) is 24.3 Å². The van der Waals surface area contributed by atoms with E-state index in [0.717, 1.165) is 30.4 Å². The van der Waals surface area contributed by atoms with Crippen molar-refractivity contribution in [2.24, 2.45) is 0 Å². The third-order valence-electron chi connectivity index (χ3n) is 7.62. The molecule has 0 saturated carbocycles. The number of benzene rings is 2. The number of rotatable bonds is 24. The Morgan fingerprint density at radius 1 is 0.491 bits per heavy atom. The Balaban J connectivity index is 1.55. The zero-order valence-corrected chi connectivity index (χ0v) is 31.3. The second-order valence-corrected chi connectivity index (χ2v) is 12.8. The largest absolute Gasteiger partial charge is 0.465 e. The zero-order chi connectivity index (χ0) is 39.2. The standard InChI is InChI=1S/C41H52O12/c1-28(2)40(46)52-30(5)26-50-38(44)20-18-36(42)48-24-22-34-14-10-32(11-15-34)8-7-9-33-12-16-35(17-13-33)23-25-49-37(43)19-21-39(45)51-27-31(6)53-41(47)29(3)4/h10-17,30-31H,1,3,7-9,18-27H2,2,4-6H3. The van der Waals surface area contributed by atoms with Crippen molar-refractivity contribution in [3.8, 4) is 0 Å². The highest BCUT2D eigenvalue weighted by Crippen LogP contribution is 2.13. The van der Waals surface area contributed by atoms with Crippen LogP contribution in [0, 0.1) is 0 Å². The highest BCUT2D eigenvalue weighted by molar-refractivity contribution is 5.87. The van der Waals surface area contributed by atoms with Crippen LogP contribution in [-0.2, 0) is 82.9 Å². The van der Waals surface area contributed by atoms with Gasteiger partial charge >= 0.3 is 35.8 Å². The molecule has 12 nitrogen and oxygen atoms in total. The van der Waals surface area contributed by atoms with Crippen LogP contribution in [-0.4, -0.2) is 74.5 Å². The lowest BCUT2D eigenvalue weighted by Crippen LogP contribution is -2.23. The summed E-state index contributed by atoms with van der Waals surface area (Å²) in [5.74, 6) is -3.24. The summed E-state index contributed by atoms with van der Waals surface area (Å²) < 4.78 is 30.7. The molecule has 53 heavy (non-hydrogen) atoms. The number of aryl methyl sites for hydroxylation is 2. The number of esters is 6. The topological polar surface area (TPSA) is 158 Å². The van der Waals surface area contributed by atoms with Crippen LogP contribution in [0.3, 0.4) is 0 Å². The van der Waals surface area contributed by atoms with Gasteiger partial charge < -0.3 is 28.4 Å². The van der Waals surface area contributed by atoms with Gasteiger partial charge in [0.15, 0.2) is 0 Å². The van der Waals surface area contributed by atoms with E-state index in [9.17, 15) is 28.8 Å². The number of hydrogen-bond acceptors (Lipinski definition) is 12. The van der Waals surface area contributed by atoms with Crippen molar-refractivity contribution in [1.29, 1.82) is 0 Å². The van der Waals surface area contributed by atoms with Crippen LogP contribution in [0.1, 0.15) is 82.1 Å². The van der Waals surface area contributed by atoms with Crippen molar-refractivity contribution >= 4 is 35.8 Å². The van der Waals surface area contributed by atoms with Gasteiger partial charge in [-0.3, -0.25) is 19.2 Å². The molecule has 2 rings (SSSR count). The molecule has 0 amide bonds. The molecular formula is C41H52O12. The highest BCUT2D eigenvalue weighted by Gasteiger charge is 2.16. The number of hydrogen-bond donors (Lipinski definition) is 0. The maximum absolute atomic E-state index is 12.0. The van der Waals surface area contributed by atoms with Crippen LogP contribution < -0.4 is 0 Å². The lowest BCUT2D eigenvalue weighted by Gasteiger charge is -2.13. The molecular weight excluding hydrogens is 684 g/mol. The first-order chi connectivity index (χ1) is 25.2. The predicted molar refractivity (Wildman–Crippen MR) is 195 cm³/mol. The molecule has 0 aliphatic carbocycles.